The zero-order valence-corrected chi connectivity index (χ0v) is 51.0. The highest BCUT2D eigenvalue weighted by Crippen LogP contribution is 2.51. The highest BCUT2D eigenvalue weighted by Gasteiger charge is 2.58. The number of thiol groups is 1. The highest BCUT2D eigenvalue weighted by atomic mass is 32.2. The van der Waals surface area contributed by atoms with Gasteiger partial charge in [0, 0.05) is 73.4 Å². The van der Waals surface area contributed by atoms with E-state index in [1.807, 2.05) is 129 Å². The van der Waals surface area contributed by atoms with E-state index < -0.39 is 88.6 Å². The number of hydrogen-bond acceptors (Lipinski definition) is 17. The summed E-state index contributed by atoms with van der Waals surface area (Å²) in [6.45, 7) is 24.1. The van der Waals surface area contributed by atoms with Gasteiger partial charge in [0.1, 0.15) is 18.6 Å². The smallest absolute Gasteiger partial charge is 0.380 e. The standard InChI is InChI=1S/C59H86BO15PS2/c1-38-26-45(72-49(27-38)34-58(11)57(9,10)51(71-40(3)61)32-47(73-58)30-48(75-60(76)77)33-53(63)78-55(4,5)6)24-25-56(7,8)59(67-14)54(64)43(29-52(62)66-13)28-46(74-59)31-50(69-36-42-20-22-44(65-12)23-21-42)39(2)70-37-68-35-41-18-16-15-17-19-41/h15-25,29,39,45-51,77H,1,26-28,30-37,76H2,2-14H3/b25-24+,43-29+/t39-,45+,46+,47-,48-,49+,50-,51+,58?,59-/m1/s1. The Bertz CT molecular complexity index is 2380. The second-order valence-corrected chi connectivity index (χ2v) is 26.5. The number of hydrogen-bond donors (Lipinski definition) is 1. The summed E-state index contributed by atoms with van der Waals surface area (Å²) in [5, 5.41) is 0.00358. The molecule has 3 fully saturated rings. The normalized spacial score (nSPS) is 26.6. The van der Waals surface area contributed by atoms with Gasteiger partial charge in [-0.3, -0.25) is 14.4 Å². The monoisotopic (exact) mass is 1140 g/mol. The van der Waals surface area contributed by atoms with Crippen LogP contribution in [0.1, 0.15) is 132 Å². The molecule has 3 aliphatic rings. The fourth-order valence-electron chi connectivity index (χ4n) is 10.5. The summed E-state index contributed by atoms with van der Waals surface area (Å²) in [5.41, 5.74) is 0.312. The third kappa shape index (κ3) is 18.6. The van der Waals surface area contributed by atoms with E-state index >= 15 is 0 Å². The minimum Gasteiger partial charge on any atom is -0.497 e. The molecule has 0 aromatic heterocycles. The summed E-state index contributed by atoms with van der Waals surface area (Å²) in [6, 6.07) is 17.4. The van der Waals surface area contributed by atoms with E-state index in [2.05, 4.69) is 28.2 Å². The number of thioether (sulfide) groups is 1. The van der Waals surface area contributed by atoms with Crippen molar-refractivity contribution in [3.8, 4) is 5.75 Å². The Balaban J connectivity index is 1.39. The number of carbonyl (C=O) groups excluding carboxylic acids is 4. The summed E-state index contributed by atoms with van der Waals surface area (Å²) in [7, 11) is 6.81. The molecule has 3 aliphatic heterocycles. The number of ether oxygens (including phenoxy) is 10. The van der Waals surface area contributed by atoms with Crippen LogP contribution in [0.3, 0.4) is 0 Å². The zero-order valence-electron chi connectivity index (χ0n) is 48.2. The van der Waals surface area contributed by atoms with Crippen molar-refractivity contribution in [1.29, 1.82) is 0 Å². The molecule has 0 radical (unpaired) electrons. The van der Waals surface area contributed by atoms with E-state index in [-0.39, 0.29) is 54.2 Å². The van der Waals surface area contributed by atoms with Crippen LogP contribution in [0.25, 0.3) is 0 Å². The third-order valence-corrected chi connectivity index (χ3v) is 16.2. The number of methoxy groups -OCH3 is 3. The van der Waals surface area contributed by atoms with Crippen molar-refractivity contribution in [2.75, 3.05) is 28.1 Å². The molecule has 0 N–H and O–H groups in total. The number of carbonyl (C=O) groups is 4. The molecule has 78 heavy (non-hydrogen) atoms. The molecule has 0 aliphatic carbocycles. The van der Waals surface area contributed by atoms with Crippen molar-refractivity contribution in [2.24, 2.45) is 10.8 Å². The Labute approximate surface area is 476 Å². The summed E-state index contributed by atoms with van der Waals surface area (Å²) in [5.74, 6) is -3.32. The zero-order chi connectivity index (χ0) is 57.6. The van der Waals surface area contributed by atoms with Gasteiger partial charge in [-0.25, -0.2) is 4.79 Å². The molecule has 5 rings (SSSR count). The van der Waals surface area contributed by atoms with Crippen LogP contribution in [0.15, 0.2) is 90.6 Å². The molecule has 19 heteroatoms. The van der Waals surface area contributed by atoms with E-state index in [0.29, 0.717) is 44.5 Å². The number of rotatable bonds is 26. The molecule has 3 heterocycles. The first kappa shape index (κ1) is 65.4. The van der Waals surface area contributed by atoms with Crippen LogP contribution in [0.5, 0.6) is 5.75 Å². The average Bonchev–Trinajstić information content (AvgIpc) is 3.37. The number of Topliss-reactive ketones (excluding diaryl/α,β-unsaturated/α-hetero) is 1. The molecule has 3 saturated heterocycles. The maximum absolute atomic E-state index is 14.9. The fourth-order valence-corrected chi connectivity index (χ4v) is 11.8. The lowest BCUT2D eigenvalue weighted by molar-refractivity contribution is -0.281. The van der Waals surface area contributed by atoms with Crippen LogP contribution in [-0.2, 0) is 79.7 Å². The lowest BCUT2D eigenvalue weighted by Crippen LogP contribution is -2.61. The van der Waals surface area contributed by atoms with Crippen LogP contribution in [0.2, 0.25) is 0 Å². The van der Waals surface area contributed by atoms with E-state index in [0.717, 1.165) is 16.7 Å². The van der Waals surface area contributed by atoms with Crippen molar-refractivity contribution in [2.45, 2.75) is 199 Å². The summed E-state index contributed by atoms with van der Waals surface area (Å²) in [6.07, 6.45) is 3.62. The van der Waals surface area contributed by atoms with Crippen molar-refractivity contribution in [3.63, 3.8) is 0 Å². The predicted octanol–water partition coefficient (Wildman–Crippen LogP) is 10.9. The van der Waals surface area contributed by atoms with Gasteiger partial charge in [0.15, 0.2) is 5.12 Å². The Hall–Kier alpha value is -3.39. The van der Waals surface area contributed by atoms with E-state index in [1.54, 1.807) is 7.11 Å². The van der Waals surface area contributed by atoms with Gasteiger partial charge in [-0.15, -0.1) is 9.12 Å². The van der Waals surface area contributed by atoms with E-state index in [1.165, 1.54) is 39.0 Å². The molecular formula is C59H86BO15PS2. The van der Waals surface area contributed by atoms with Gasteiger partial charge < -0.3 is 52.0 Å². The lowest BCUT2D eigenvalue weighted by Gasteiger charge is -2.55. The maximum Gasteiger partial charge on any atom is 0.380 e. The van der Waals surface area contributed by atoms with Crippen LogP contribution >= 0.6 is 33.4 Å². The molecule has 0 spiro atoms. The van der Waals surface area contributed by atoms with Gasteiger partial charge in [0.05, 0.1) is 75.8 Å². The molecule has 15 nitrogen and oxygen atoms in total. The van der Waals surface area contributed by atoms with Crippen molar-refractivity contribution >= 4 is 62.1 Å². The topological polar surface area (TPSA) is 170 Å². The maximum atomic E-state index is 14.9. The van der Waals surface area contributed by atoms with Gasteiger partial charge in [-0.05, 0) is 56.4 Å². The average molecular weight is 1140 g/mol. The molecule has 0 bridgehead atoms. The van der Waals surface area contributed by atoms with Crippen molar-refractivity contribution < 1.29 is 71.2 Å². The van der Waals surface area contributed by atoms with Crippen molar-refractivity contribution in [1.82, 2.24) is 0 Å². The van der Waals surface area contributed by atoms with E-state index in [4.69, 9.17) is 52.0 Å². The van der Waals surface area contributed by atoms with Gasteiger partial charge in [-0.2, -0.15) is 12.5 Å². The number of esters is 2. The minimum atomic E-state index is -1.92. The van der Waals surface area contributed by atoms with Crippen molar-refractivity contribution in [3.05, 3.63) is 102 Å². The first-order valence-corrected chi connectivity index (χ1v) is 28.8. The molecule has 2 aromatic carbocycles. The SMILES string of the molecule is C=C1C[C@@H](CC2(C)O[C@H](C[C@H](CC(=O)SC(C)(C)C)OB(P)S)C[C@H](OC(C)=O)C2(C)C)O[C@@H](/C=C/C(C)(C)[C@]2(OC)O[C@H](C[C@@H](OCc3ccc(OC)cc3)[C@@H](C)OCOCc3ccccc3)C/C(=C\C(=O)OC)C2=O)C1. The first-order valence-electron chi connectivity index (χ1n) is 26.8. The molecule has 11 atom stereocenters. The van der Waals surface area contributed by atoms with Crippen LogP contribution in [0, 0.1) is 10.8 Å². The molecule has 2 unspecified atom stereocenters. The molecule has 432 valence electrons. The van der Waals surface area contributed by atoms with Crippen LogP contribution in [-0.4, -0.2) is 122 Å². The van der Waals surface area contributed by atoms with Crippen LogP contribution in [0.4, 0.5) is 0 Å². The third-order valence-electron chi connectivity index (χ3n) is 14.9. The largest absolute Gasteiger partial charge is 0.497 e. The summed E-state index contributed by atoms with van der Waals surface area (Å²) in [4.78, 5) is 53.7. The van der Waals surface area contributed by atoms with Gasteiger partial charge in [0.25, 0.3) is 0 Å². The quantitative estimate of drug-likeness (QED) is 0.0138. The molecule has 0 saturated carbocycles. The van der Waals surface area contributed by atoms with Crippen LogP contribution < -0.4 is 4.74 Å². The second kappa shape index (κ2) is 29.0. The van der Waals surface area contributed by atoms with E-state index in [9.17, 15) is 19.2 Å². The molecular weight excluding hydrogens is 1050 g/mol. The second-order valence-electron chi connectivity index (χ2n) is 23.0. The predicted molar refractivity (Wildman–Crippen MR) is 310 cm³/mol. The number of ketones is 1. The Morgan fingerprint density at radius 2 is 1.59 bits per heavy atom. The summed E-state index contributed by atoms with van der Waals surface area (Å²) >= 11 is 5.75. The molecule has 2 aromatic rings. The number of benzene rings is 2. The van der Waals surface area contributed by atoms with Gasteiger partial charge >= 0.3 is 17.9 Å². The first-order chi connectivity index (χ1) is 36.6. The summed E-state index contributed by atoms with van der Waals surface area (Å²) < 4.78 is 68.3. The highest BCUT2D eigenvalue weighted by molar-refractivity contribution is 8.23. The van der Waals surface area contributed by atoms with Gasteiger partial charge in [-0.1, -0.05) is 127 Å². The van der Waals surface area contributed by atoms with Gasteiger partial charge in [0.2, 0.25) is 11.6 Å². The molecule has 0 amide bonds. The Kier molecular flexibility index (Phi) is 24.4. The minimum absolute atomic E-state index is 0.00244. The fraction of sp³-hybridized carbons (Fsp3) is 0.627. The lowest BCUT2D eigenvalue weighted by atomic mass is 9.65. The Morgan fingerprint density at radius 1 is 0.910 bits per heavy atom. The Morgan fingerprint density at radius 3 is 2.21 bits per heavy atom.